The van der Waals surface area contributed by atoms with Gasteiger partial charge < -0.3 is 14.0 Å². The van der Waals surface area contributed by atoms with Crippen LogP contribution in [0.3, 0.4) is 0 Å². The quantitative estimate of drug-likeness (QED) is 0.780. The molecular weight excluding hydrogens is 250 g/mol. The van der Waals surface area contributed by atoms with Crippen molar-refractivity contribution in [2.24, 2.45) is 0 Å². The third-order valence-electron chi connectivity index (χ3n) is 3.03. The van der Waals surface area contributed by atoms with Crippen molar-refractivity contribution in [2.45, 2.75) is 18.9 Å². The summed E-state index contributed by atoms with van der Waals surface area (Å²) in [5.41, 5.74) is 1.93. The van der Waals surface area contributed by atoms with E-state index in [2.05, 4.69) is 9.88 Å². The molecule has 0 aromatic carbocycles. The summed E-state index contributed by atoms with van der Waals surface area (Å²) in [4.78, 5) is 6.70. The molecule has 0 aliphatic carbocycles. The summed E-state index contributed by atoms with van der Waals surface area (Å²) in [7, 11) is 3.72. The Labute approximate surface area is 112 Å². The first kappa shape index (κ1) is 13.2. The van der Waals surface area contributed by atoms with E-state index < -0.39 is 0 Å². The Balaban J connectivity index is 2.37. The molecule has 4 nitrogen and oxygen atoms in total. The molecule has 2 aromatic heterocycles. The van der Waals surface area contributed by atoms with Gasteiger partial charge in [-0.25, -0.2) is 4.98 Å². The predicted octanol–water partition coefficient (Wildman–Crippen LogP) is 2.54. The lowest BCUT2D eigenvalue weighted by Crippen LogP contribution is -2.29. The minimum Gasteiger partial charge on any atom is -0.380 e. The van der Waals surface area contributed by atoms with Gasteiger partial charge in [-0.05, 0) is 19.1 Å². The Morgan fingerprint density at radius 1 is 1.50 bits per heavy atom. The van der Waals surface area contributed by atoms with Crippen molar-refractivity contribution in [3.8, 4) is 0 Å². The molecule has 0 amide bonds. The summed E-state index contributed by atoms with van der Waals surface area (Å²) in [6.07, 6.45) is 2.14. The number of halogens is 1. The highest BCUT2D eigenvalue weighted by Gasteiger charge is 2.16. The number of likely N-dealkylation sites (N-methyl/N-ethyl adjacent to an activating group) is 1. The van der Waals surface area contributed by atoms with Crippen LogP contribution in [0, 0.1) is 0 Å². The van der Waals surface area contributed by atoms with Gasteiger partial charge in [-0.15, -0.1) is 11.6 Å². The highest BCUT2D eigenvalue weighted by atomic mass is 35.5. The molecular formula is C13H18ClN3O. The smallest absolute Gasteiger partial charge is 0.152 e. The molecule has 0 fully saturated rings. The number of hydrogen-bond donors (Lipinski definition) is 0. The van der Waals surface area contributed by atoms with Crippen molar-refractivity contribution >= 4 is 23.1 Å². The molecule has 0 aliphatic rings. The maximum atomic E-state index is 6.05. The molecule has 2 heterocycles. The maximum absolute atomic E-state index is 6.05. The molecule has 2 aromatic rings. The zero-order valence-corrected chi connectivity index (χ0v) is 11.7. The molecule has 0 spiro atoms. The molecule has 1 atom stereocenters. The van der Waals surface area contributed by atoms with E-state index in [0.29, 0.717) is 5.88 Å². The monoisotopic (exact) mass is 267 g/mol. The number of hydrogen-bond acceptors (Lipinski definition) is 3. The standard InChI is InChI=1S/C13H18ClN3O/c1-10(18-3)9-16(2)13-11(8-14)17-7-5-4-6-12(17)15-13/h4-7,10H,8-9H2,1-3H3. The minimum absolute atomic E-state index is 0.156. The SMILES string of the molecule is COC(C)CN(C)c1nc2ccccn2c1CCl. The molecule has 0 saturated heterocycles. The summed E-state index contributed by atoms with van der Waals surface area (Å²) in [6.45, 7) is 2.82. The molecule has 0 bridgehead atoms. The second-order valence-corrected chi connectivity index (χ2v) is 4.64. The number of methoxy groups -OCH3 is 1. The number of aromatic nitrogens is 2. The van der Waals surface area contributed by atoms with Gasteiger partial charge in [-0.3, -0.25) is 0 Å². The highest BCUT2D eigenvalue weighted by Crippen LogP contribution is 2.22. The van der Waals surface area contributed by atoms with Crippen LogP contribution in [0.1, 0.15) is 12.6 Å². The van der Waals surface area contributed by atoms with Crippen molar-refractivity contribution in [3.05, 3.63) is 30.1 Å². The normalized spacial score (nSPS) is 12.9. The van der Waals surface area contributed by atoms with Gasteiger partial charge in [0.2, 0.25) is 0 Å². The minimum atomic E-state index is 0.156. The van der Waals surface area contributed by atoms with Gasteiger partial charge in [0.15, 0.2) is 5.82 Å². The lowest BCUT2D eigenvalue weighted by molar-refractivity contribution is 0.124. The lowest BCUT2D eigenvalue weighted by Gasteiger charge is -2.21. The van der Waals surface area contributed by atoms with Crippen LogP contribution in [0.2, 0.25) is 0 Å². The van der Waals surface area contributed by atoms with Crippen molar-refractivity contribution < 1.29 is 4.74 Å². The number of alkyl halides is 1. The summed E-state index contributed by atoms with van der Waals surface area (Å²) in [6, 6.07) is 5.93. The number of nitrogens with zero attached hydrogens (tertiary/aromatic N) is 3. The van der Waals surface area contributed by atoms with E-state index in [9.17, 15) is 0 Å². The number of ether oxygens (including phenoxy) is 1. The zero-order chi connectivity index (χ0) is 13.1. The maximum Gasteiger partial charge on any atom is 0.152 e. The van der Waals surface area contributed by atoms with Gasteiger partial charge in [-0.2, -0.15) is 0 Å². The van der Waals surface area contributed by atoms with E-state index in [1.807, 2.05) is 42.8 Å². The van der Waals surface area contributed by atoms with Gasteiger partial charge >= 0.3 is 0 Å². The van der Waals surface area contributed by atoms with E-state index in [1.54, 1.807) is 7.11 Å². The van der Waals surface area contributed by atoms with Gasteiger partial charge in [0.1, 0.15) is 5.65 Å². The van der Waals surface area contributed by atoms with Crippen LogP contribution < -0.4 is 4.90 Å². The van der Waals surface area contributed by atoms with Gasteiger partial charge in [0.25, 0.3) is 0 Å². The average molecular weight is 268 g/mol. The molecule has 1 unspecified atom stereocenters. The second-order valence-electron chi connectivity index (χ2n) is 4.37. The fourth-order valence-corrected chi connectivity index (χ4v) is 2.26. The van der Waals surface area contributed by atoms with Crippen molar-refractivity contribution in [1.29, 1.82) is 0 Å². The van der Waals surface area contributed by atoms with E-state index in [4.69, 9.17) is 16.3 Å². The molecule has 0 aliphatic heterocycles. The van der Waals surface area contributed by atoms with Crippen molar-refractivity contribution in [1.82, 2.24) is 9.38 Å². The first-order valence-corrected chi connectivity index (χ1v) is 6.46. The first-order chi connectivity index (χ1) is 8.67. The van der Waals surface area contributed by atoms with Crippen LogP contribution in [0.4, 0.5) is 5.82 Å². The summed E-state index contributed by atoms with van der Waals surface area (Å²) < 4.78 is 7.30. The second kappa shape index (κ2) is 5.59. The number of fused-ring (bicyclic) bond motifs is 1. The molecule has 2 rings (SSSR count). The highest BCUT2D eigenvalue weighted by molar-refractivity contribution is 6.17. The molecule has 5 heteroatoms. The van der Waals surface area contributed by atoms with Crippen LogP contribution in [0.5, 0.6) is 0 Å². The largest absolute Gasteiger partial charge is 0.380 e. The third kappa shape index (κ3) is 2.44. The van der Waals surface area contributed by atoms with E-state index >= 15 is 0 Å². The summed E-state index contributed by atoms with van der Waals surface area (Å²) >= 11 is 6.05. The number of pyridine rings is 1. The average Bonchev–Trinajstić information content (AvgIpc) is 2.77. The number of anilines is 1. The summed E-state index contributed by atoms with van der Waals surface area (Å²) in [5, 5.41) is 0. The topological polar surface area (TPSA) is 29.8 Å². The number of imidazole rings is 1. The van der Waals surface area contributed by atoms with E-state index in [-0.39, 0.29) is 6.10 Å². The van der Waals surface area contributed by atoms with Crippen LogP contribution in [0.15, 0.2) is 24.4 Å². The predicted molar refractivity (Wildman–Crippen MR) is 74.5 cm³/mol. The number of rotatable bonds is 5. The molecule has 0 radical (unpaired) electrons. The fourth-order valence-electron chi connectivity index (χ4n) is 2.01. The van der Waals surface area contributed by atoms with Gasteiger partial charge in [0.05, 0.1) is 17.7 Å². The Morgan fingerprint density at radius 2 is 2.28 bits per heavy atom. The van der Waals surface area contributed by atoms with Crippen LogP contribution in [0.25, 0.3) is 5.65 Å². The Kier molecular flexibility index (Phi) is 4.09. The van der Waals surface area contributed by atoms with Gasteiger partial charge in [-0.1, -0.05) is 6.07 Å². The van der Waals surface area contributed by atoms with Crippen LogP contribution >= 0.6 is 11.6 Å². The van der Waals surface area contributed by atoms with Crippen molar-refractivity contribution in [3.63, 3.8) is 0 Å². The fraction of sp³-hybridized carbons (Fsp3) is 0.462. The Morgan fingerprint density at radius 3 is 2.94 bits per heavy atom. The van der Waals surface area contributed by atoms with Crippen LogP contribution in [-0.4, -0.2) is 36.2 Å². The molecule has 0 saturated carbocycles. The zero-order valence-electron chi connectivity index (χ0n) is 10.9. The molecule has 18 heavy (non-hydrogen) atoms. The Hall–Kier alpha value is -1.26. The lowest BCUT2D eigenvalue weighted by atomic mass is 10.3. The van der Waals surface area contributed by atoms with Crippen LogP contribution in [-0.2, 0) is 10.6 Å². The summed E-state index contributed by atoms with van der Waals surface area (Å²) in [5.74, 6) is 1.35. The van der Waals surface area contributed by atoms with E-state index in [1.165, 1.54) is 0 Å². The third-order valence-corrected chi connectivity index (χ3v) is 3.28. The van der Waals surface area contributed by atoms with E-state index in [0.717, 1.165) is 23.7 Å². The molecule has 0 N–H and O–H groups in total. The van der Waals surface area contributed by atoms with Gasteiger partial charge in [0, 0.05) is 26.9 Å². The Bertz CT molecular complexity index is 526. The molecule has 98 valence electrons. The first-order valence-electron chi connectivity index (χ1n) is 5.93. The van der Waals surface area contributed by atoms with Crippen molar-refractivity contribution in [2.75, 3.05) is 25.6 Å².